The van der Waals surface area contributed by atoms with Crippen LogP contribution in [0, 0.1) is 11.7 Å². The Labute approximate surface area is 244 Å². The molecule has 1 saturated carbocycles. The molecule has 3 amide bonds. The minimum absolute atomic E-state index is 0.120. The van der Waals surface area contributed by atoms with Gasteiger partial charge in [0, 0.05) is 25.0 Å². The highest BCUT2D eigenvalue weighted by Gasteiger charge is 2.35. The molecule has 5 rings (SSSR count). The van der Waals surface area contributed by atoms with Gasteiger partial charge in [-0.3, -0.25) is 14.4 Å². The average molecular weight is 574 g/mol. The molecule has 9 nitrogen and oxygen atoms in total. The Morgan fingerprint density at radius 2 is 1.93 bits per heavy atom. The van der Waals surface area contributed by atoms with Gasteiger partial charge in [-0.1, -0.05) is 24.3 Å². The standard InChI is InChI=1S/C32H36FN5O4/c1-20(26-11-10-25(42-3)17-22(26)7-6-21-4-5-21)35-32(41)29-19-37(2)14-15-38(29)30(39)18-34-31(40)28-12-8-23-16-24(33)9-13-27(23)36-28/h6-13,16-17,20-21,29H,4-5,14-15,18-19H2,1-3H3,(H,34,40)(H,35,41)/b7-6+/t20-,29-/m0/s1. The fraction of sp³-hybridized carbons (Fsp3) is 0.375. The maximum atomic E-state index is 13.6. The van der Waals surface area contributed by atoms with Gasteiger partial charge in [-0.2, -0.15) is 0 Å². The van der Waals surface area contributed by atoms with E-state index in [1.165, 1.54) is 42.0 Å². The third-order valence-corrected chi connectivity index (χ3v) is 7.78. The van der Waals surface area contributed by atoms with Gasteiger partial charge in [-0.05, 0) is 80.3 Å². The lowest BCUT2D eigenvalue weighted by molar-refractivity contribution is -0.143. The summed E-state index contributed by atoms with van der Waals surface area (Å²) in [7, 11) is 3.54. The molecule has 2 aromatic carbocycles. The highest BCUT2D eigenvalue weighted by Crippen LogP contribution is 2.32. The van der Waals surface area contributed by atoms with Gasteiger partial charge in [-0.25, -0.2) is 9.37 Å². The summed E-state index contributed by atoms with van der Waals surface area (Å²) >= 11 is 0. The zero-order chi connectivity index (χ0) is 29.8. The molecule has 0 radical (unpaired) electrons. The second-order valence-corrected chi connectivity index (χ2v) is 11.0. The number of piperazine rings is 1. The summed E-state index contributed by atoms with van der Waals surface area (Å²) < 4.78 is 18.9. The minimum Gasteiger partial charge on any atom is -0.497 e. The molecule has 2 aliphatic rings. The predicted molar refractivity (Wildman–Crippen MR) is 158 cm³/mol. The van der Waals surface area contributed by atoms with E-state index < -0.39 is 11.9 Å². The van der Waals surface area contributed by atoms with Gasteiger partial charge in [0.15, 0.2) is 0 Å². The zero-order valence-corrected chi connectivity index (χ0v) is 24.1. The van der Waals surface area contributed by atoms with Crippen molar-refractivity contribution in [1.82, 2.24) is 25.4 Å². The molecule has 10 heteroatoms. The number of hydrogen-bond donors (Lipinski definition) is 2. The second kappa shape index (κ2) is 12.7. The number of ether oxygens (including phenoxy) is 1. The van der Waals surface area contributed by atoms with Gasteiger partial charge >= 0.3 is 0 Å². The molecule has 1 aromatic heterocycles. The van der Waals surface area contributed by atoms with E-state index in [0.717, 1.165) is 16.9 Å². The topological polar surface area (TPSA) is 104 Å². The molecule has 2 atom stereocenters. The van der Waals surface area contributed by atoms with Crippen molar-refractivity contribution in [2.24, 2.45) is 5.92 Å². The SMILES string of the molecule is COc1ccc([C@H](C)NC(=O)[C@@H]2CN(C)CCN2C(=O)CNC(=O)c2ccc3cc(F)ccc3n2)c(/C=C/C2CC2)c1. The van der Waals surface area contributed by atoms with Crippen molar-refractivity contribution in [2.45, 2.75) is 31.8 Å². The van der Waals surface area contributed by atoms with Gasteiger partial charge in [0.05, 0.1) is 25.2 Å². The van der Waals surface area contributed by atoms with E-state index in [9.17, 15) is 18.8 Å². The molecule has 3 aromatic rings. The minimum atomic E-state index is -0.715. The number of fused-ring (bicyclic) bond motifs is 1. The third-order valence-electron chi connectivity index (χ3n) is 7.78. The molecular weight excluding hydrogens is 537 g/mol. The first-order valence-electron chi connectivity index (χ1n) is 14.2. The van der Waals surface area contributed by atoms with E-state index in [1.807, 2.05) is 37.1 Å². The largest absolute Gasteiger partial charge is 0.497 e. The van der Waals surface area contributed by atoms with Gasteiger partial charge in [0.2, 0.25) is 11.8 Å². The first-order valence-corrected chi connectivity index (χ1v) is 14.2. The lowest BCUT2D eigenvalue weighted by Crippen LogP contribution is -2.61. The number of carbonyl (C=O) groups is 3. The molecule has 42 heavy (non-hydrogen) atoms. The maximum Gasteiger partial charge on any atom is 0.270 e. The number of carbonyl (C=O) groups excluding carboxylic acids is 3. The molecular formula is C32H36FN5O4. The van der Waals surface area contributed by atoms with Crippen molar-refractivity contribution < 1.29 is 23.5 Å². The summed E-state index contributed by atoms with van der Waals surface area (Å²) in [5.74, 6) is -0.178. The number of methoxy groups -OCH3 is 1. The number of rotatable bonds is 9. The van der Waals surface area contributed by atoms with Crippen LogP contribution in [0.3, 0.4) is 0 Å². The molecule has 1 saturated heterocycles. The van der Waals surface area contributed by atoms with Crippen LogP contribution in [0.2, 0.25) is 0 Å². The van der Waals surface area contributed by atoms with Crippen molar-refractivity contribution in [3.05, 3.63) is 77.2 Å². The first-order chi connectivity index (χ1) is 20.2. The summed E-state index contributed by atoms with van der Waals surface area (Å²) in [6.45, 7) is 2.99. The van der Waals surface area contributed by atoms with Crippen LogP contribution in [-0.4, -0.2) is 78.9 Å². The van der Waals surface area contributed by atoms with Crippen LogP contribution in [0.1, 0.15) is 47.4 Å². The van der Waals surface area contributed by atoms with E-state index in [-0.39, 0.29) is 35.9 Å². The Balaban J connectivity index is 1.24. The summed E-state index contributed by atoms with van der Waals surface area (Å²) in [5, 5.41) is 6.30. The number of amides is 3. The van der Waals surface area contributed by atoms with Crippen LogP contribution < -0.4 is 15.4 Å². The summed E-state index contributed by atoms with van der Waals surface area (Å²) in [5.41, 5.74) is 2.54. The summed E-state index contributed by atoms with van der Waals surface area (Å²) in [6.07, 6.45) is 6.68. The normalized spacial score (nSPS) is 18.2. The third kappa shape index (κ3) is 6.94. The summed E-state index contributed by atoms with van der Waals surface area (Å²) in [4.78, 5) is 47.4. The molecule has 2 fully saturated rings. The number of allylic oxidation sites excluding steroid dienone is 1. The molecule has 1 aliphatic carbocycles. The number of nitrogens with zero attached hydrogens (tertiary/aromatic N) is 3. The molecule has 2 N–H and O–H groups in total. The Bertz CT molecular complexity index is 1520. The van der Waals surface area contributed by atoms with Crippen molar-refractivity contribution >= 4 is 34.7 Å². The van der Waals surface area contributed by atoms with Crippen LogP contribution >= 0.6 is 0 Å². The highest BCUT2D eigenvalue weighted by molar-refractivity contribution is 5.97. The van der Waals surface area contributed by atoms with Crippen molar-refractivity contribution in [3.63, 3.8) is 0 Å². The van der Waals surface area contributed by atoms with Crippen LogP contribution in [0.5, 0.6) is 5.75 Å². The highest BCUT2D eigenvalue weighted by atomic mass is 19.1. The van der Waals surface area contributed by atoms with E-state index in [4.69, 9.17) is 4.74 Å². The number of hydrogen-bond acceptors (Lipinski definition) is 6. The predicted octanol–water partition coefficient (Wildman–Crippen LogP) is 3.56. The molecule has 0 spiro atoms. The lowest BCUT2D eigenvalue weighted by atomic mass is 9.99. The Hall–Kier alpha value is -4.31. The number of likely N-dealkylation sites (N-methyl/N-ethyl adjacent to an activating group) is 1. The van der Waals surface area contributed by atoms with Gasteiger partial charge in [0.1, 0.15) is 23.3 Å². The zero-order valence-electron chi connectivity index (χ0n) is 24.1. The van der Waals surface area contributed by atoms with Crippen molar-refractivity contribution in [1.29, 1.82) is 0 Å². The smallest absolute Gasteiger partial charge is 0.270 e. The van der Waals surface area contributed by atoms with Crippen LogP contribution in [0.4, 0.5) is 4.39 Å². The van der Waals surface area contributed by atoms with Crippen molar-refractivity contribution in [3.8, 4) is 5.75 Å². The van der Waals surface area contributed by atoms with Gasteiger partial charge in [0.25, 0.3) is 5.91 Å². The van der Waals surface area contributed by atoms with E-state index in [0.29, 0.717) is 36.5 Å². The quantitative estimate of drug-likeness (QED) is 0.406. The number of halogens is 1. The number of nitrogens with one attached hydrogen (secondary N) is 2. The summed E-state index contributed by atoms with van der Waals surface area (Å²) in [6, 6.07) is 12.0. The van der Waals surface area contributed by atoms with Crippen LogP contribution in [0.25, 0.3) is 17.0 Å². The number of benzene rings is 2. The fourth-order valence-corrected chi connectivity index (χ4v) is 5.15. The molecule has 1 aliphatic heterocycles. The fourth-order valence-electron chi connectivity index (χ4n) is 5.15. The monoisotopic (exact) mass is 573 g/mol. The van der Waals surface area contributed by atoms with Gasteiger partial charge in [-0.15, -0.1) is 0 Å². The lowest BCUT2D eigenvalue weighted by Gasteiger charge is -2.39. The van der Waals surface area contributed by atoms with E-state index >= 15 is 0 Å². The molecule has 220 valence electrons. The van der Waals surface area contributed by atoms with E-state index in [2.05, 4.69) is 27.8 Å². The Morgan fingerprint density at radius 1 is 1.12 bits per heavy atom. The van der Waals surface area contributed by atoms with E-state index in [1.54, 1.807) is 13.2 Å². The van der Waals surface area contributed by atoms with Crippen molar-refractivity contribution in [2.75, 3.05) is 40.3 Å². The van der Waals surface area contributed by atoms with Crippen LogP contribution in [-0.2, 0) is 9.59 Å². The number of aromatic nitrogens is 1. The molecule has 2 heterocycles. The second-order valence-electron chi connectivity index (χ2n) is 11.0. The Morgan fingerprint density at radius 3 is 2.69 bits per heavy atom. The first kappa shape index (κ1) is 29.2. The maximum absolute atomic E-state index is 13.6. The van der Waals surface area contributed by atoms with Crippen LogP contribution in [0.15, 0.2) is 54.6 Å². The Kier molecular flexibility index (Phi) is 8.82. The average Bonchev–Trinajstić information content (AvgIpc) is 3.82. The van der Waals surface area contributed by atoms with Gasteiger partial charge < -0.3 is 25.2 Å². The molecule has 0 unspecified atom stereocenters. The molecule has 0 bridgehead atoms. The number of pyridine rings is 1.